The molecule has 142 valence electrons. The van der Waals surface area contributed by atoms with Crippen molar-refractivity contribution >= 4 is 54.0 Å². The van der Waals surface area contributed by atoms with Gasteiger partial charge in [-0.05, 0) is 42.5 Å². The Labute approximate surface area is 166 Å². The van der Waals surface area contributed by atoms with Crippen LogP contribution in [0.5, 0.6) is 0 Å². The van der Waals surface area contributed by atoms with Gasteiger partial charge < -0.3 is 5.11 Å². The van der Waals surface area contributed by atoms with Crippen LogP contribution in [0, 0.1) is 5.82 Å². The molecule has 0 radical (unpaired) electrons. The molecule has 0 aliphatic heterocycles. The van der Waals surface area contributed by atoms with E-state index in [2.05, 4.69) is 14.7 Å². The quantitative estimate of drug-likeness (QED) is 0.489. The van der Waals surface area contributed by atoms with Gasteiger partial charge >= 0.3 is 5.97 Å². The largest absolute Gasteiger partial charge is 0.478 e. The lowest BCUT2D eigenvalue weighted by molar-refractivity contribution is 0.0697. The van der Waals surface area contributed by atoms with E-state index < -0.39 is 21.8 Å². The van der Waals surface area contributed by atoms with E-state index in [0.717, 1.165) is 22.7 Å². The third-order valence-corrected chi connectivity index (χ3v) is 7.62. The lowest BCUT2D eigenvalue weighted by Gasteiger charge is -2.01. The first-order valence-electron chi connectivity index (χ1n) is 7.70. The molecule has 0 amide bonds. The van der Waals surface area contributed by atoms with Crippen LogP contribution in [-0.2, 0) is 10.0 Å². The maximum absolute atomic E-state index is 13.0. The van der Waals surface area contributed by atoms with Gasteiger partial charge in [-0.1, -0.05) is 11.3 Å². The highest BCUT2D eigenvalue weighted by molar-refractivity contribution is 7.95. The van der Waals surface area contributed by atoms with Crippen molar-refractivity contribution in [2.24, 2.45) is 0 Å². The van der Waals surface area contributed by atoms with Crippen LogP contribution >= 0.6 is 22.7 Å². The van der Waals surface area contributed by atoms with Crippen molar-refractivity contribution in [2.75, 3.05) is 4.72 Å². The van der Waals surface area contributed by atoms with Gasteiger partial charge in [0.15, 0.2) is 9.34 Å². The van der Waals surface area contributed by atoms with Crippen molar-refractivity contribution < 1.29 is 22.7 Å². The Hall–Kier alpha value is -2.89. The predicted molar refractivity (Wildman–Crippen MR) is 105 cm³/mol. The number of carboxylic acid groups (broad SMARTS) is 1. The van der Waals surface area contributed by atoms with E-state index >= 15 is 0 Å². The maximum atomic E-state index is 13.0. The fourth-order valence-corrected chi connectivity index (χ4v) is 5.60. The number of carbonyl (C=O) groups is 1. The summed E-state index contributed by atoms with van der Waals surface area (Å²) in [6.07, 6.45) is 1.22. The van der Waals surface area contributed by atoms with E-state index in [4.69, 9.17) is 5.11 Å². The smallest absolute Gasteiger partial charge is 0.335 e. The first-order valence-corrected chi connectivity index (χ1v) is 10.8. The molecule has 4 rings (SSSR count). The number of thiazole rings is 2. The van der Waals surface area contributed by atoms with Crippen molar-refractivity contribution in [1.82, 2.24) is 9.97 Å². The van der Waals surface area contributed by atoms with Gasteiger partial charge in [0, 0.05) is 5.56 Å². The summed E-state index contributed by atoms with van der Waals surface area (Å²) in [5, 5.41) is 9.60. The lowest BCUT2D eigenvalue weighted by atomic mass is 10.2. The first-order chi connectivity index (χ1) is 13.3. The minimum atomic E-state index is -3.92. The second-order valence-electron chi connectivity index (χ2n) is 5.60. The number of aromatic nitrogens is 2. The molecule has 11 heteroatoms. The summed E-state index contributed by atoms with van der Waals surface area (Å²) in [7, 11) is -3.92. The number of aromatic carboxylic acids is 1. The summed E-state index contributed by atoms with van der Waals surface area (Å²) >= 11 is 2.04. The molecule has 0 saturated carbocycles. The summed E-state index contributed by atoms with van der Waals surface area (Å²) in [4.78, 5) is 19.3. The van der Waals surface area contributed by atoms with Gasteiger partial charge in [0.25, 0.3) is 10.0 Å². The highest BCUT2D eigenvalue weighted by Gasteiger charge is 2.21. The highest BCUT2D eigenvalue weighted by atomic mass is 32.2. The minimum Gasteiger partial charge on any atom is -0.478 e. The molecule has 2 aromatic carbocycles. The van der Waals surface area contributed by atoms with Crippen LogP contribution in [0.4, 0.5) is 9.52 Å². The van der Waals surface area contributed by atoms with Gasteiger partial charge in [0.1, 0.15) is 10.8 Å². The molecule has 0 bridgehead atoms. The molecule has 0 aliphatic carbocycles. The van der Waals surface area contributed by atoms with E-state index in [1.807, 2.05) is 0 Å². The summed E-state index contributed by atoms with van der Waals surface area (Å²) in [5.41, 5.74) is 1.06. The number of nitrogens with one attached hydrogen (secondary N) is 1. The van der Waals surface area contributed by atoms with E-state index in [1.165, 1.54) is 42.6 Å². The van der Waals surface area contributed by atoms with Crippen LogP contribution in [0.25, 0.3) is 20.8 Å². The van der Waals surface area contributed by atoms with Gasteiger partial charge in [-0.3, -0.25) is 4.72 Å². The fourth-order valence-electron chi connectivity index (χ4n) is 2.38. The Kier molecular flexibility index (Phi) is 4.57. The molecule has 4 aromatic rings. The number of benzene rings is 2. The van der Waals surface area contributed by atoms with Crippen molar-refractivity contribution in [2.45, 2.75) is 4.21 Å². The topological polar surface area (TPSA) is 109 Å². The molecule has 0 saturated heterocycles. The zero-order chi connectivity index (χ0) is 19.9. The number of hydrogen-bond acceptors (Lipinski definition) is 7. The number of nitrogens with zero attached hydrogens (tertiary/aromatic N) is 2. The van der Waals surface area contributed by atoms with Crippen LogP contribution in [0.3, 0.4) is 0 Å². The number of halogens is 1. The van der Waals surface area contributed by atoms with Gasteiger partial charge in [-0.2, -0.15) is 0 Å². The van der Waals surface area contributed by atoms with Gasteiger partial charge in [0.05, 0.1) is 22.0 Å². The Balaban J connectivity index is 1.61. The van der Waals surface area contributed by atoms with Gasteiger partial charge in [-0.15, -0.1) is 11.3 Å². The van der Waals surface area contributed by atoms with Crippen LogP contribution in [0.2, 0.25) is 0 Å². The van der Waals surface area contributed by atoms with E-state index in [9.17, 15) is 17.6 Å². The monoisotopic (exact) mass is 435 g/mol. The van der Waals surface area contributed by atoms with Crippen molar-refractivity contribution in [3.63, 3.8) is 0 Å². The number of hydrogen-bond donors (Lipinski definition) is 2. The number of sulfonamides is 1. The number of rotatable bonds is 5. The number of anilines is 1. The second kappa shape index (κ2) is 6.93. The SMILES string of the molecule is O=C(O)c1ccc2sc(NS(=O)(=O)c3cnc(-c4ccc(F)cc4)s3)nc2c1. The molecule has 7 nitrogen and oxygen atoms in total. The van der Waals surface area contributed by atoms with Crippen molar-refractivity contribution in [3.05, 3.63) is 60.0 Å². The molecule has 2 N–H and O–H groups in total. The third-order valence-electron chi connectivity index (χ3n) is 3.70. The predicted octanol–water partition coefficient (Wildman–Crippen LogP) is 4.06. The minimum absolute atomic E-state index is 0.0164. The molecule has 2 heterocycles. The van der Waals surface area contributed by atoms with Gasteiger partial charge in [0.2, 0.25) is 0 Å². The summed E-state index contributed by atoms with van der Waals surface area (Å²) in [6.45, 7) is 0. The normalized spacial score (nSPS) is 11.6. The first kappa shape index (κ1) is 18.5. The van der Waals surface area contributed by atoms with Crippen LogP contribution < -0.4 is 4.72 Å². The van der Waals surface area contributed by atoms with Crippen LogP contribution in [0.1, 0.15) is 10.4 Å². The Morgan fingerprint density at radius 1 is 1.11 bits per heavy atom. The van der Waals surface area contributed by atoms with Gasteiger partial charge in [-0.25, -0.2) is 27.6 Å². The standard InChI is InChI=1S/C17H10FN3O4S3/c18-11-4-1-9(2-5-11)15-19-8-14(27-15)28(24,25)21-17-20-12-7-10(16(22)23)3-6-13(12)26-17/h1-8H,(H,20,21)(H,22,23). The van der Waals surface area contributed by atoms with E-state index in [0.29, 0.717) is 20.8 Å². The van der Waals surface area contributed by atoms with Crippen LogP contribution in [-0.4, -0.2) is 29.5 Å². The Morgan fingerprint density at radius 2 is 1.86 bits per heavy atom. The van der Waals surface area contributed by atoms with E-state index in [1.54, 1.807) is 6.07 Å². The van der Waals surface area contributed by atoms with Crippen LogP contribution in [0.15, 0.2) is 52.9 Å². The summed E-state index contributed by atoms with van der Waals surface area (Å²) in [5.74, 6) is -1.48. The average molecular weight is 435 g/mol. The molecule has 0 spiro atoms. The second-order valence-corrected chi connectivity index (χ2v) is 9.57. The Morgan fingerprint density at radius 3 is 2.57 bits per heavy atom. The zero-order valence-corrected chi connectivity index (χ0v) is 16.2. The van der Waals surface area contributed by atoms with Crippen molar-refractivity contribution in [3.8, 4) is 10.6 Å². The molecule has 0 unspecified atom stereocenters. The highest BCUT2D eigenvalue weighted by Crippen LogP contribution is 2.32. The third kappa shape index (κ3) is 3.59. The average Bonchev–Trinajstić information content (AvgIpc) is 3.28. The molecule has 0 aliphatic rings. The molecular formula is C17H10FN3O4S3. The maximum Gasteiger partial charge on any atom is 0.335 e. The molecule has 2 aromatic heterocycles. The number of carboxylic acids is 1. The summed E-state index contributed by atoms with van der Waals surface area (Å²) in [6, 6.07) is 9.97. The molecular weight excluding hydrogens is 425 g/mol. The lowest BCUT2D eigenvalue weighted by Crippen LogP contribution is -2.11. The van der Waals surface area contributed by atoms with Crippen molar-refractivity contribution in [1.29, 1.82) is 0 Å². The molecule has 0 atom stereocenters. The fraction of sp³-hybridized carbons (Fsp3) is 0. The molecule has 28 heavy (non-hydrogen) atoms. The molecule has 0 fully saturated rings. The number of fused-ring (bicyclic) bond motifs is 1. The zero-order valence-electron chi connectivity index (χ0n) is 13.8. The van der Waals surface area contributed by atoms with E-state index in [-0.39, 0.29) is 14.9 Å². The summed E-state index contributed by atoms with van der Waals surface area (Å²) < 4.78 is 41.3. The Bertz CT molecular complexity index is 1300.